The second-order valence-corrected chi connectivity index (χ2v) is 6.04. The summed E-state index contributed by atoms with van der Waals surface area (Å²) in [5.74, 6) is 0.151. The monoisotopic (exact) mass is 343 g/mol. The van der Waals surface area contributed by atoms with E-state index in [4.69, 9.17) is 4.74 Å². The predicted molar refractivity (Wildman–Crippen MR) is 92.9 cm³/mol. The summed E-state index contributed by atoms with van der Waals surface area (Å²) in [6, 6.07) is 11.6. The number of hydrogen-bond donors (Lipinski definition) is 0. The van der Waals surface area contributed by atoms with E-state index in [-0.39, 0.29) is 18.3 Å². The number of halogens is 1. The average molecular weight is 343 g/mol. The molecule has 1 aromatic heterocycles. The van der Waals surface area contributed by atoms with Crippen molar-refractivity contribution in [2.45, 2.75) is 6.42 Å². The summed E-state index contributed by atoms with van der Waals surface area (Å²) in [5, 5.41) is 0. The molecule has 2 heterocycles. The van der Waals surface area contributed by atoms with Crippen LogP contribution in [0.15, 0.2) is 48.7 Å². The molecule has 0 N–H and O–H groups in total. The van der Waals surface area contributed by atoms with E-state index in [2.05, 4.69) is 9.88 Å². The summed E-state index contributed by atoms with van der Waals surface area (Å²) >= 11 is 0. The topological polar surface area (TPSA) is 45.7 Å². The van der Waals surface area contributed by atoms with Gasteiger partial charge in [-0.15, -0.1) is 0 Å². The van der Waals surface area contributed by atoms with E-state index in [0.29, 0.717) is 18.8 Å². The largest absolute Gasteiger partial charge is 0.484 e. The molecule has 1 fully saturated rings. The predicted octanol–water partition coefficient (Wildman–Crippen LogP) is 1.99. The first-order valence-corrected chi connectivity index (χ1v) is 8.49. The molecule has 0 atom stereocenters. The van der Waals surface area contributed by atoms with Crippen molar-refractivity contribution >= 4 is 5.91 Å². The number of piperazine rings is 1. The van der Waals surface area contributed by atoms with Crippen molar-refractivity contribution in [2.75, 3.05) is 39.3 Å². The van der Waals surface area contributed by atoms with Crippen molar-refractivity contribution in [3.63, 3.8) is 0 Å². The van der Waals surface area contributed by atoms with Crippen LogP contribution in [0.25, 0.3) is 0 Å². The molecule has 0 saturated carbocycles. The van der Waals surface area contributed by atoms with Crippen LogP contribution in [-0.4, -0.2) is 60.0 Å². The van der Waals surface area contributed by atoms with Crippen LogP contribution < -0.4 is 4.74 Å². The Kier molecular flexibility index (Phi) is 5.95. The quantitative estimate of drug-likeness (QED) is 0.805. The molecule has 0 radical (unpaired) electrons. The van der Waals surface area contributed by atoms with Gasteiger partial charge >= 0.3 is 0 Å². The van der Waals surface area contributed by atoms with E-state index in [9.17, 15) is 9.18 Å². The molecule has 3 rings (SSSR count). The zero-order valence-electron chi connectivity index (χ0n) is 14.1. The van der Waals surface area contributed by atoms with Crippen LogP contribution in [0.1, 0.15) is 5.69 Å². The summed E-state index contributed by atoms with van der Waals surface area (Å²) in [4.78, 5) is 20.7. The number of amides is 1. The fourth-order valence-corrected chi connectivity index (χ4v) is 2.81. The summed E-state index contributed by atoms with van der Waals surface area (Å²) in [7, 11) is 0. The summed E-state index contributed by atoms with van der Waals surface area (Å²) in [5.41, 5.74) is 1.09. The molecule has 0 spiro atoms. The van der Waals surface area contributed by atoms with E-state index in [1.54, 1.807) is 0 Å². The Hall–Kier alpha value is -2.47. The fraction of sp³-hybridized carbons (Fsp3) is 0.368. The molecule has 0 bridgehead atoms. The lowest BCUT2D eigenvalue weighted by Gasteiger charge is -2.34. The van der Waals surface area contributed by atoms with Crippen molar-refractivity contribution in [1.82, 2.24) is 14.8 Å². The zero-order chi connectivity index (χ0) is 17.5. The molecule has 25 heavy (non-hydrogen) atoms. The van der Waals surface area contributed by atoms with Crippen LogP contribution >= 0.6 is 0 Å². The highest BCUT2D eigenvalue weighted by atomic mass is 19.1. The molecule has 5 nitrogen and oxygen atoms in total. The Morgan fingerprint density at radius 3 is 2.52 bits per heavy atom. The van der Waals surface area contributed by atoms with Gasteiger partial charge in [0.2, 0.25) is 0 Å². The third-order valence-electron chi connectivity index (χ3n) is 4.31. The van der Waals surface area contributed by atoms with Crippen LogP contribution in [0.5, 0.6) is 5.75 Å². The normalized spacial score (nSPS) is 15.2. The van der Waals surface area contributed by atoms with Gasteiger partial charge in [0, 0.05) is 51.0 Å². The number of aromatic nitrogens is 1. The summed E-state index contributed by atoms with van der Waals surface area (Å²) in [6.07, 6.45) is 2.73. The Morgan fingerprint density at radius 2 is 1.84 bits per heavy atom. The van der Waals surface area contributed by atoms with Gasteiger partial charge in [-0.3, -0.25) is 14.7 Å². The molecule has 1 aliphatic rings. The minimum absolute atomic E-state index is 0.0143. The highest BCUT2D eigenvalue weighted by molar-refractivity contribution is 5.77. The van der Waals surface area contributed by atoms with Crippen molar-refractivity contribution in [3.8, 4) is 5.75 Å². The van der Waals surface area contributed by atoms with Crippen molar-refractivity contribution in [1.29, 1.82) is 0 Å². The number of carbonyl (C=O) groups is 1. The highest BCUT2D eigenvalue weighted by Gasteiger charge is 2.21. The Bertz CT molecular complexity index is 671. The number of pyridine rings is 1. The minimum atomic E-state index is -0.319. The number of nitrogens with zero attached hydrogens (tertiary/aromatic N) is 3. The minimum Gasteiger partial charge on any atom is -0.484 e. The molecular weight excluding hydrogens is 321 g/mol. The Morgan fingerprint density at radius 1 is 1.08 bits per heavy atom. The highest BCUT2D eigenvalue weighted by Crippen LogP contribution is 2.11. The Labute approximate surface area is 147 Å². The standard InChI is InChI=1S/C19H22FN3O2/c20-16-4-6-18(7-5-16)25-15-19(24)23-13-11-22(12-14-23)10-8-17-3-1-2-9-21-17/h1-7,9H,8,10-15H2. The van der Waals surface area contributed by atoms with Crippen molar-refractivity contribution in [3.05, 3.63) is 60.2 Å². The van der Waals surface area contributed by atoms with Gasteiger partial charge in [0.05, 0.1) is 0 Å². The van der Waals surface area contributed by atoms with E-state index >= 15 is 0 Å². The van der Waals surface area contributed by atoms with Gasteiger partial charge in [-0.2, -0.15) is 0 Å². The Balaban J connectivity index is 1.38. The van der Waals surface area contributed by atoms with Gasteiger partial charge < -0.3 is 9.64 Å². The van der Waals surface area contributed by atoms with Gasteiger partial charge in [0.1, 0.15) is 11.6 Å². The fourth-order valence-electron chi connectivity index (χ4n) is 2.81. The van der Waals surface area contributed by atoms with Gasteiger partial charge in [-0.05, 0) is 36.4 Å². The van der Waals surface area contributed by atoms with Crippen LogP contribution in [0.2, 0.25) is 0 Å². The number of benzene rings is 1. The van der Waals surface area contributed by atoms with E-state index in [1.807, 2.05) is 29.3 Å². The molecule has 0 unspecified atom stereocenters. The second-order valence-electron chi connectivity index (χ2n) is 6.04. The SMILES string of the molecule is O=C(COc1ccc(F)cc1)N1CCN(CCc2ccccn2)CC1. The van der Waals surface area contributed by atoms with Crippen molar-refractivity contribution in [2.24, 2.45) is 0 Å². The van der Waals surface area contributed by atoms with Crippen LogP contribution in [0.4, 0.5) is 4.39 Å². The smallest absolute Gasteiger partial charge is 0.260 e. The molecule has 132 valence electrons. The second kappa shape index (κ2) is 8.58. The maximum Gasteiger partial charge on any atom is 0.260 e. The van der Waals surface area contributed by atoms with Crippen LogP contribution in [-0.2, 0) is 11.2 Å². The molecule has 1 aliphatic heterocycles. The van der Waals surface area contributed by atoms with Gasteiger partial charge in [0.15, 0.2) is 6.61 Å². The van der Waals surface area contributed by atoms with E-state index in [0.717, 1.165) is 31.7 Å². The lowest BCUT2D eigenvalue weighted by atomic mass is 10.2. The number of carbonyl (C=O) groups excluding carboxylic acids is 1. The third kappa shape index (κ3) is 5.26. The zero-order valence-corrected chi connectivity index (χ0v) is 14.1. The van der Waals surface area contributed by atoms with Gasteiger partial charge in [-0.25, -0.2) is 4.39 Å². The maximum absolute atomic E-state index is 12.8. The molecule has 0 aliphatic carbocycles. The number of rotatable bonds is 6. The summed E-state index contributed by atoms with van der Waals surface area (Å²) < 4.78 is 18.3. The number of ether oxygens (including phenoxy) is 1. The molecule has 1 aromatic carbocycles. The van der Waals surface area contributed by atoms with Gasteiger partial charge in [-0.1, -0.05) is 6.07 Å². The molecule has 2 aromatic rings. The average Bonchev–Trinajstić information content (AvgIpc) is 2.67. The third-order valence-corrected chi connectivity index (χ3v) is 4.31. The first kappa shape index (κ1) is 17.4. The van der Waals surface area contributed by atoms with E-state index in [1.165, 1.54) is 24.3 Å². The lowest BCUT2D eigenvalue weighted by Crippen LogP contribution is -2.50. The molecular formula is C19H22FN3O2. The first-order valence-electron chi connectivity index (χ1n) is 8.49. The van der Waals surface area contributed by atoms with Crippen LogP contribution in [0.3, 0.4) is 0 Å². The summed E-state index contributed by atoms with van der Waals surface area (Å²) in [6.45, 7) is 4.05. The lowest BCUT2D eigenvalue weighted by molar-refractivity contribution is -0.135. The van der Waals surface area contributed by atoms with E-state index < -0.39 is 0 Å². The molecule has 6 heteroatoms. The van der Waals surface area contributed by atoms with Gasteiger partial charge in [0.25, 0.3) is 5.91 Å². The van der Waals surface area contributed by atoms with Crippen molar-refractivity contribution < 1.29 is 13.9 Å². The molecule has 1 saturated heterocycles. The number of hydrogen-bond acceptors (Lipinski definition) is 4. The van der Waals surface area contributed by atoms with Crippen LogP contribution in [0, 0.1) is 5.82 Å². The maximum atomic E-state index is 12.8. The first-order chi connectivity index (χ1) is 12.2. The molecule has 1 amide bonds.